The molecule has 0 radical (unpaired) electrons. The molecule has 2 rings (SSSR count). The Morgan fingerprint density at radius 2 is 2.00 bits per heavy atom. The van der Waals surface area contributed by atoms with Gasteiger partial charge in [0.1, 0.15) is 5.82 Å². The number of halogens is 2. The van der Waals surface area contributed by atoms with Crippen molar-refractivity contribution in [2.24, 2.45) is 0 Å². The van der Waals surface area contributed by atoms with Crippen molar-refractivity contribution in [1.29, 1.82) is 0 Å². The molecule has 0 saturated carbocycles. The molecule has 0 amide bonds. The molecule has 0 spiro atoms. The average Bonchev–Trinajstić information content (AvgIpc) is 2.40. The first-order valence-corrected chi connectivity index (χ1v) is 6.76. The van der Waals surface area contributed by atoms with E-state index in [0.29, 0.717) is 22.5 Å². The summed E-state index contributed by atoms with van der Waals surface area (Å²) < 4.78 is 0. The summed E-state index contributed by atoms with van der Waals surface area (Å²) >= 11 is 11.9. The second-order valence-corrected chi connectivity index (χ2v) is 4.96. The standard InChI is InChI=1S/C14H14Cl2N4/c1-3-6-17-13-7-9(2)18-14(20-13)19-10-4-5-11(15)12(16)8-10/h3-5,7-8H,1,6H2,2H3,(H2,17,18,19,20). The summed E-state index contributed by atoms with van der Waals surface area (Å²) in [4.78, 5) is 8.69. The maximum atomic E-state index is 5.97. The fraction of sp³-hybridized carbons (Fsp3) is 0.143. The fourth-order valence-electron chi connectivity index (χ4n) is 1.59. The zero-order valence-corrected chi connectivity index (χ0v) is 12.5. The molecule has 1 aromatic heterocycles. The molecule has 104 valence electrons. The lowest BCUT2D eigenvalue weighted by Crippen LogP contribution is -2.05. The summed E-state index contributed by atoms with van der Waals surface area (Å²) in [6.07, 6.45) is 1.77. The molecular weight excluding hydrogens is 295 g/mol. The van der Waals surface area contributed by atoms with E-state index in [1.54, 1.807) is 18.2 Å². The first kappa shape index (κ1) is 14.6. The summed E-state index contributed by atoms with van der Waals surface area (Å²) in [6.45, 7) is 6.20. The minimum absolute atomic E-state index is 0.481. The minimum Gasteiger partial charge on any atom is -0.366 e. The predicted molar refractivity (Wildman–Crippen MR) is 85.2 cm³/mol. The number of aromatic nitrogens is 2. The Morgan fingerprint density at radius 3 is 2.70 bits per heavy atom. The van der Waals surface area contributed by atoms with Crippen molar-refractivity contribution in [2.45, 2.75) is 6.92 Å². The van der Waals surface area contributed by atoms with Gasteiger partial charge in [0, 0.05) is 24.0 Å². The monoisotopic (exact) mass is 308 g/mol. The molecule has 6 heteroatoms. The van der Waals surface area contributed by atoms with Gasteiger partial charge >= 0.3 is 0 Å². The van der Waals surface area contributed by atoms with Crippen molar-refractivity contribution >= 4 is 40.7 Å². The van der Waals surface area contributed by atoms with Crippen molar-refractivity contribution in [3.63, 3.8) is 0 Å². The molecule has 0 aliphatic heterocycles. The van der Waals surface area contributed by atoms with Crippen LogP contribution >= 0.6 is 23.2 Å². The molecule has 0 aliphatic rings. The fourth-order valence-corrected chi connectivity index (χ4v) is 1.89. The Kier molecular flexibility index (Phi) is 4.82. The summed E-state index contributed by atoms with van der Waals surface area (Å²) in [7, 11) is 0. The molecule has 2 N–H and O–H groups in total. The van der Waals surface area contributed by atoms with Gasteiger partial charge in [-0.25, -0.2) is 4.98 Å². The zero-order chi connectivity index (χ0) is 14.5. The zero-order valence-electron chi connectivity index (χ0n) is 11.0. The number of benzene rings is 1. The minimum atomic E-state index is 0.481. The molecule has 0 fully saturated rings. The number of aryl methyl sites for hydroxylation is 1. The molecule has 1 aromatic carbocycles. The van der Waals surface area contributed by atoms with E-state index in [2.05, 4.69) is 27.2 Å². The van der Waals surface area contributed by atoms with Gasteiger partial charge in [0.2, 0.25) is 5.95 Å². The summed E-state index contributed by atoms with van der Waals surface area (Å²) in [5.74, 6) is 1.23. The maximum absolute atomic E-state index is 5.97. The third-order valence-corrected chi connectivity index (χ3v) is 3.20. The smallest absolute Gasteiger partial charge is 0.229 e. The van der Waals surface area contributed by atoms with E-state index in [1.807, 2.05) is 19.1 Å². The van der Waals surface area contributed by atoms with Crippen LogP contribution < -0.4 is 10.6 Å². The molecule has 2 aromatic rings. The Balaban J connectivity index is 2.21. The first-order chi connectivity index (χ1) is 9.58. The average molecular weight is 309 g/mol. The molecule has 1 heterocycles. The highest BCUT2D eigenvalue weighted by Gasteiger charge is 2.04. The van der Waals surface area contributed by atoms with E-state index in [0.717, 1.165) is 17.2 Å². The Morgan fingerprint density at radius 1 is 1.20 bits per heavy atom. The van der Waals surface area contributed by atoms with Crippen LogP contribution in [0.5, 0.6) is 0 Å². The van der Waals surface area contributed by atoms with Crippen molar-refractivity contribution in [2.75, 3.05) is 17.2 Å². The number of anilines is 3. The number of rotatable bonds is 5. The SMILES string of the molecule is C=CCNc1cc(C)nc(Nc2ccc(Cl)c(Cl)c2)n1. The topological polar surface area (TPSA) is 49.8 Å². The lowest BCUT2D eigenvalue weighted by molar-refractivity contribution is 1.09. The normalized spacial score (nSPS) is 10.2. The van der Waals surface area contributed by atoms with Crippen molar-refractivity contribution in [3.05, 3.63) is 52.7 Å². The molecule has 0 aliphatic carbocycles. The summed E-state index contributed by atoms with van der Waals surface area (Å²) in [5, 5.41) is 7.21. The van der Waals surface area contributed by atoms with Crippen LogP contribution in [0, 0.1) is 6.92 Å². The lowest BCUT2D eigenvalue weighted by atomic mass is 10.3. The number of nitrogens with zero attached hydrogens (tertiary/aromatic N) is 2. The Hall–Kier alpha value is -1.78. The Labute approximate surface area is 127 Å². The maximum Gasteiger partial charge on any atom is 0.229 e. The van der Waals surface area contributed by atoms with Gasteiger partial charge in [-0.15, -0.1) is 6.58 Å². The molecule has 20 heavy (non-hydrogen) atoms. The second kappa shape index (κ2) is 6.59. The molecule has 4 nitrogen and oxygen atoms in total. The van der Waals surface area contributed by atoms with Gasteiger partial charge in [0.05, 0.1) is 10.0 Å². The number of hydrogen-bond acceptors (Lipinski definition) is 4. The van der Waals surface area contributed by atoms with E-state index >= 15 is 0 Å². The third kappa shape index (κ3) is 3.85. The van der Waals surface area contributed by atoms with E-state index in [4.69, 9.17) is 23.2 Å². The van der Waals surface area contributed by atoms with E-state index in [-0.39, 0.29) is 0 Å². The van der Waals surface area contributed by atoms with Gasteiger partial charge in [-0.1, -0.05) is 29.3 Å². The predicted octanol–water partition coefficient (Wildman–Crippen LogP) is 4.43. The highest BCUT2D eigenvalue weighted by atomic mass is 35.5. The van der Waals surface area contributed by atoms with Gasteiger partial charge in [0.15, 0.2) is 0 Å². The van der Waals surface area contributed by atoms with Crippen LogP contribution in [0.1, 0.15) is 5.69 Å². The molecule has 0 atom stereocenters. The number of hydrogen-bond donors (Lipinski definition) is 2. The molecule has 0 unspecified atom stereocenters. The molecule has 0 saturated heterocycles. The van der Waals surface area contributed by atoms with Crippen LogP contribution in [-0.4, -0.2) is 16.5 Å². The van der Waals surface area contributed by atoms with Crippen LogP contribution in [0.3, 0.4) is 0 Å². The van der Waals surface area contributed by atoms with Crippen LogP contribution in [0.2, 0.25) is 10.0 Å². The van der Waals surface area contributed by atoms with Crippen LogP contribution in [0.25, 0.3) is 0 Å². The van der Waals surface area contributed by atoms with E-state index < -0.39 is 0 Å². The number of nitrogens with one attached hydrogen (secondary N) is 2. The van der Waals surface area contributed by atoms with Crippen LogP contribution in [0.4, 0.5) is 17.5 Å². The summed E-state index contributed by atoms with van der Waals surface area (Å²) in [6, 6.07) is 7.13. The van der Waals surface area contributed by atoms with Crippen LogP contribution in [-0.2, 0) is 0 Å². The largest absolute Gasteiger partial charge is 0.366 e. The third-order valence-electron chi connectivity index (χ3n) is 2.46. The van der Waals surface area contributed by atoms with E-state index in [9.17, 15) is 0 Å². The van der Waals surface area contributed by atoms with Gasteiger partial charge < -0.3 is 10.6 Å². The summed E-state index contributed by atoms with van der Waals surface area (Å²) in [5.41, 5.74) is 1.63. The highest BCUT2D eigenvalue weighted by Crippen LogP contribution is 2.26. The second-order valence-electron chi connectivity index (χ2n) is 4.14. The van der Waals surface area contributed by atoms with Gasteiger partial charge in [0.25, 0.3) is 0 Å². The van der Waals surface area contributed by atoms with E-state index in [1.165, 1.54) is 0 Å². The van der Waals surface area contributed by atoms with Crippen molar-refractivity contribution in [3.8, 4) is 0 Å². The highest BCUT2D eigenvalue weighted by molar-refractivity contribution is 6.42. The van der Waals surface area contributed by atoms with Gasteiger partial charge in [-0.2, -0.15) is 4.98 Å². The first-order valence-electron chi connectivity index (χ1n) is 6.01. The van der Waals surface area contributed by atoms with Crippen molar-refractivity contribution in [1.82, 2.24) is 9.97 Å². The van der Waals surface area contributed by atoms with Crippen LogP contribution in [0.15, 0.2) is 36.9 Å². The molecular formula is C14H14Cl2N4. The van der Waals surface area contributed by atoms with Gasteiger partial charge in [-0.05, 0) is 25.1 Å². The van der Waals surface area contributed by atoms with Crippen molar-refractivity contribution < 1.29 is 0 Å². The van der Waals surface area contributed by atoms with Gasteiger partial charge in [-0.3, -0.25) is 0 Å². The molecule has 0 bridgehead atoms. The Bertz CT molecular complexity index is 629. The lowest BCUT2D eigenvalue weighted by Gasteiger charge is -2.09. The quantitative estimate of drug-likeness (QED) is 0.802.